The number of amides is 9. The third-order valence-electron chi connectivity index (χ3n) is 31.6. The summed E-state index contributed by atoms with van der Waals surface area (Å²) in [7, 11) is 13.2. The van der Waals surface area contributed by atoms with E-state index in [0.29, 0.717) is 63.4 Å². The quantitative estimate of drug-likeness (QED) is 0.0429. The molecule has 4 heterocycles. The van der Waals surface area contributed by atoms with Gasteiger partial charge in [0.2, 0.25) is 53.0 Å². The van der Waals surface area contributed by atoms with Crippen LogP contribution in [-0.4, -0.2) is 327 Å². The van der Waals surface area contributed by atoms with Crippen LogP contribution in [0.1, 0.15) is 308 Å². The number of hydrogen-bond acceptors (Lipinski definition) is 24. The summed E-state index contributed by atoms with van der Waals surface area (Å²) in [6.07, 6.45) is 15.0. The lowest BCUT2D eigenvalue weighted by Gasteiger charge is -2.42. The average molecular weight is 2100 g/mol. The molecule has 0 radical (unpaired) electrons. The standard InChI is InChI=1S/C65H114N8O12.C51H79NO12/c1-25-27-28-43(15)58(78)57-54(76)34-46(26-2)61(81)67(18)36-55(77)68(19)48(29-37(3)4)53(75)35-47(41(11)12)62(82)69(20)49(30-38(5)6)52(74)33-44(16)59(79)66-45(17)60(80)70(21)50(31-39(7)8)63(83)71(22)51(32-40(9)10)64(84)72(23)56(42(13)14)65(85)73(57)24;1-30-16-12-11-13-17-31(2)43(61-9)28-39-21-19-37(8)51(60,64-39)48(57)49(58)52-23-15-14-18-40(52)50(59)63-44(34(5)27-38-20-22-41(53)33(4)26-38)29-42(54)32(3)25-36(7)46(56)47(62-10)45(55)35(6)24-30/h25,27,37-51,56-58,78H,26,28-36H2,1-24H3,(H,66,79);11-13,16-17,25,30,32-35,37-41,43-44,46-47,53,56,60H,14-15,18-24,26-29H2,1-10H3/b27-25+;13-11?,16-12+,31-17?,36-25+/t43-,44-,45-,46-,47+,48+,49+,50+,51+,56+,57-,58-;30-,32-,33-,34-,35-,37-,38+,39+,40+,41-,43+,44+,46-,47+,51-/m11/s1. The zero-order chi connectivity index (χ0) is 113. The third kappa shape index (κ3) is 37.8. The van der Waals surface area contributed by atoms with E-state index in [2.05, 4.69) is 5.32 Å². The van der Waals surface area contributed by atoms with E-state index in [1.807, 2.05) is 133 Å². The van der Waals surface area contributed by atoms with Crippen LogP contribution in [0.25, 0.3) is 0 Å². The molecule has 0 unspecified atom stereocenters. The smallest absolute Gasteiger partial charge is 0.329 e. The predicted octanol–water partition coefficient (Wildman–Crippen LogP) is 13.3. The van der Waals surface area contributed by atoms with Crippen molar-refractivity contribution in [2.75, 3.05) is 76.6 Å². The number of methoxy groups -OCH3 is 2. The highest BCUT2D eigenvalue weighted by Gasteiger charge is 2.55. The number of aliphatic hydroxyl groups is 4. The Kier molecular flexibility index (Phi) is 55.0. The van der Waals surface area contributed by atoms with E-state index in [1.54, 1.807) is 88.5 Å². The molecule has 27 atom stereocenters. The number of Topliss-reactive ketones (excluding diaryl/α,β-unsaturated/α-hetero) is 6. The molecule has 846 valence electrons. The van der Waals surface area contributed by atoms with Crippen LogP contribution in [0.3, 0.4) is 0 Å². The van der Waals surface area contributed by atoms with Gasteiger partial charge in [-0.25, -0.2) is 4.79 Å². The fraction of sp³-hybridized carbons (Fsp3) is 0.776. The zero-order valence-electron chi connectivity index (χ0n) is 96.9. The minimum Gasteiger partial charge on any atom is -0.460 e. The Morgan fingerprint density at radius 2 is 1.09 bits per heavy atom. The number of ketones is 6. The van der Waals surface area contributed by atoms with Gasteiger partial charge in [0.25, 0.3) is 11.7 Å². The second-order valence-electron chi connectivity index (χ2n) is 46.8. The summed E-state index contributed by atoms with van der Waals surface area (Å²) >= 11 is 0. The van der Waals surface area contributed by atoms with Crippen molar-refractivity contribution in [2.24, 2.45) is 101 Å². The summed E-state index contributed by atoms with van der Waals surface area (Å²) in [5.74, 6) is -18.3. The monoisotopic (exact) mass is 2100 g/mol. The first-order valence-corrected chi connectivity index (χ1v) is 55.1. The normalized spacial score (nSPS) is 32.5. The molecule has 33 heteroatoms. The minimum absolute atomic E-state index is 0.0258. The van der Waals surface area contributed by atoms with E-state index in [4.69, 9.17) is 18.9 Å². The maximum Gasteiger partial charge on any atom is 0.329 e. The number of carbonyl (C=O) groups is 16. The van der Waals surface area contributed by atoms with E-state index < -0.39 is 222 Å². The fourth-order valence-corrected chi connectivity index (χ4v) is 21.7. The van der Waals surface area contributed by atoms with Crippen molar-refractivity contribution in [3.63, 3.8) is 0 Å². The molecule has 4 fully saturated rings. The summed E-state index contributed by atoms with van der Waals surface area (Å²) in [4.78, 5) is 241. The van der Waals surface area contributed by atoms with Crippen molar-refractivity contribution in [2.45, 2.75) is 405 Å². The molecule has 5 rings (SSSR count). The Bertz CT molecular complexity index is 4610. The Labute approximate surface area is 891 Å². The van der Waals surface area contributed by atoms with E-state index in [1.165, 1.54) is 97.7 Å². The van der Waals surface area contributed by atoms with Crippen LogP contribution in [0.2, 0.25) is 0 Å². The van der Waals surface area contributed by atoms with Crippen molar-refractivity contribution in [3.05, 3.63) is 59.8 Å². The molecule has 9 amide bonds. The Balaban J connectivity index is 0.000000643. The first kappa shape index (κ1) is 132. The number of esters is 1. The van der Waals surface area contributed by atoms with Crippen LogP contribution >= 0.6 is 0 Å². The van der Waals surface area contributed by atoms with Crippen LogP contribution in [0.4, 0.5) is 0 Å². The highest BCUT2D eigenvalue weighted by atomic mass is 16.6. The van der Waals surface area contributed by atoms with E-state index >= 15 is 9.59 Å². The number of fused-ring (bicyclic) bond motifs is 3. The summed E-state index contributed by atoms with van der Waals surface area (Å²) in [6.45, 7) is 45.0. The SMILES string of the molecule is C/C=C/C[C@@H](C)[C@@H](O)[C@H]1C(=O)C[C@@H](CC)C(=O)N(C)CC(=O)N(C)[C@@H](CC(C)C)C(=O)C[C@@H](C(C)C)C(=O)N(C)[C@@H](CC(C)C)C(=O)C[C@@H](C)C(=O)N[C@H](C)C(=O)N(C)[C@@H](CC(C)C)C(=O)N(C)[C@@H](CC(C)C)C(=O)N(C)[C@@H](C(C)C)C(=O)N1C.CO[C@H]1C[C@@H]2CC[C@@H](C)[C@@](O)(O2)C(=O)C(=O)N2CCCC[C@H]2C(=O)O[C@H]([C@H](C)C[C@H]2CC[C@@H](O)[C@H](C)C2)CC(=O)[C@H](C)/C=C(\C)[C@@H](O)[C@@H](OC)C(=O)[C@H](C)C[C@H](C)/C=C/C=CC=C1C. The second kappa shape index (κ2) is 61.9. The van der Waals surface area contributed by atoms with Crippen LogP contribution < -0.4 is 5.32 Å². The lowest BCUT2D eigenvalue weighted by molar-refractivity contribution is -0.265. The third-order valence-corrected chi connectivity index (χ3v) is 31.6. The van der Waals surface area contributed by atoms with Gasteiger partial charge in [-0.15, -0.1) is 0 Å². The number of ether oxygens (including phenoxy) is 4. The number of allylic oxidation sites excluding steroid dienone is 8. The molecule has 4 aliphatic heterocycles. The van der Waals surface area contributed by atoms with Crippen molar-refractivity contribution < 1.29 is 116 Å². The molecule has 0 spiro atoms. The molecule has 0 aromatic carbocycles. The van der Waals surface area contributed by atoms with Crippen LogP contribution in [-0.2, 0) is 95.7 Å². The van der Waals surface area contributed by atoms with E-state index in [9.17, 15) is 87.5 Å². The number of cyclic esters (lactones) is 1. The highest BCUT2D eigenvalue weighted by molar-refractivity contribution is 6.39. The van der Waals surface area contributed by atoms with Gasteiger partial charge >= 0.3 is 5.97 Å². The summed E-state index contributed by atoms with van der Waals surface area (Å²) in [5.41, 5.74) is 1.28. The fourth-order valence-electron chi connectivity index (χ4n) is 21.7. The van der Waals surface area contributed by atoms with Gasteiger partial charge in [0, 0.05) is 138 Å². The number of rotatable bonds is 20. The lowest BCUT2D eigenvalue weighted by atomic mass is 9.75. The van der Waals surface area contributed by atoms with Crippen molar-refractivity contribution in [3.8, 4) is 0 Å². The minimum atomic E-state index is -2.42. The van der Waals surface area contributed by atoms with Gasteiger partial charge in [-0.2, -0.15) is 0 Å². The Hall–Kier alpha value is -8.86. The number of likely N-dealkylation sites (N-methyl/N-ethyl adjacent to an activating group) is 7. The molecule has 33 nitrogen and oxygen atoms in total. The predicted molar refractivity (Wildman–Crippen MR) is 575 cm³/mol. The highest BCUT2D eigenvalue weighted by Crippen LogP contribution is 2.40. The largest absolute Gasteiger partial charge is 0.460 e. The molecule has 2 bridgehead atoms. The Morgan fingerprint density at radius 3 is 1.64 bits per heavy atom. The van der Waals surface area contributed by atoms with Crippen molar-refractivity contribution in [1.29, 1.82) is 0 Å². The average Bonchev–Trinajstić information content (AvgIpc) is 1.05. The molecule has 1 saturated carbocycles. The molecule has 5 N–H and O–H groups in total. The number of carbonyl (C=O) groups excluding carboxylic acids is 16. The molecule has 149 heavy (non-hydrogen) atoms. The van der Waals surface area contributed by atoms with Crippen molar-refractivity contribution >= 4 is 93.8 Å². The number of piperidine rings is 1. The first-order chi connectivity index (χ1) is 69.4. The first-order valence-electron chi connectivity index (χ1n) is 55.1. The number of hydrogen-bond donors (Lipinski definition) is 5. The van der Waals surface area contributed by atoms with Crippen LogP contribution in [0.15, 0.2) is 59.8 Å². The maximum absolute atomic E-state index is 15.2. The molecule has 1 aliphatic carbocycles. The molecular formula is C116H193N9O24. The molecule has 0 aromatic heterocycles. The Morgan fingerprint density at radius 1 is 0.544 bits per heavy atom. The maximum atomic E-state index is 15.2. The zero-order valence-corrected chi connectivity index (χ0v) is 96.9. The summed E-state index contributed by atoms with van der Waals surface area (Å²) < 4.78 is 23.8. The summed E-state index contributed by atoms with van der Waals surface area (Å²) in [5, 5.41) is 48.6. The van der Waals surface area contributed by atoms with Gasteiger partial charge in [0.1, 0.15) is 60.3 Å². The van der Waals surface area contributed by atoms with Gasteiger partial charge in [0.05, 0.1) is 43.0 Å². The van der Waals surface area contributed by atoms with Gasteiger partial charge in [-0.1, -0.05) is 194 Å². The van der Waals surface area contributed by atoms with Gasteiger partial charge in [-0.05, 0) is 207 Å². The van der Waals surface area contributed by atoms with Gasteiger partial charge < -0.3 is 83.9 Å². The molecule has 0 aromatic rings. The van der Waals surface area contributed by atoms with E-state index in [0.717, 1.165) is 23.3 Å². The molecule has 3 saturated heterocycles. The van der Waals surface area contributed by atoms with Crippen LogP contribution in [0.5, 0.6) is 0 Å². The number of aliphatic hydroxyl groups excluding tert-OH is 3. The lowest BCUT2D eigenvalue weighted by Crippen LogP contribution is -2.61. The van der Waals surface area contributed by atoms with Gasteiger partial charge in [0.15, 0.2) is 23.1 Å². The number of nitrogens with zero attached hydrogens (tertiary/aromatic N) is 8. The topological polar surface area (TPSA) is 429 Å². The molecular weight excluding hydrogens is 1900 g/mol. The number of nitrogens with one attached hydrogen (secondary N) is 1. The summed E-state index contributed by atoms with van der Waals surface area (Å²) in [6, 6.07) is -9.21. The van der Waals surface area contributed by atoms with E-state index in [-0.39, 0.29) is 147 Å². The van der Waals surface area contributed by atoms with Crippen LogP contribution in [0, 0.1) is 101 Å². The van der Waals surface area contributed by atoms with Gasteiger partial charge in [-0.3, -0.25) is 71.9 Å². The second-order valence-corrected chi connectivity index (χ2v) is 46.8. The molecule has 5 aliphatic rings. The van der Waals surface area contributed by atoms with Crippen molar-refractivity contribution in [1.82, 2.24) is 44.5 Å².